The van der Waals surface area contributed by atoms with Gasteiger partial charge in [-0.25, -0.2) is 9.97 Å². The minimum absolute atomic E-state index is 0.0145. The molecule has 1 atom stereocenters. The second-order valence-electron chi connectivity index (χ2n) is 3.74. The van der Waals surface area contributed by atoms with Crippen molar-refractivity contribution < 1.29 is 14.6 Å². The number of nitrogen functional groups attached to an aromatic ring is 1. The smallest absolute Gasteiger partial charge is 0.204 e. The highest BCUT2D eigenvalue weighted by Crippen LogP contribution is 2.30. The van der Waals surface area contributed by atoms with Crippen molar-refractivity contribution in [2.45, 2.75) is 6.10 Å². The number of aromatic nitrogens is 2. The van der Waals surface area contributed by atoms with Crippen molar-refractivity contribution in [3.05, 3.63) is 6.33 Å². The molecule has 17 heavy (non-hydrogen) atoms. The standard InChI is InChI=1S/C10H16N4O3/c1-16-8-9(11)12-6-13-10(8)14-2-3-17-7(4-14)5-15/h6-7,15H,2-5H2,1H3,(H2,11,12,13). The number of nitrogens with two attached hydrogens (primary N) is 1. The molecule has 0 saturated carbocycles. The Labute approximate surface area is 99.2 Å². The van der Waals surface area contributed by atoms with E-state index in [1.807, 2.05) is 4.90 Å². The van der Waals surface area contributed by atoms with E-state index in [9.17, 15) is 0 Å². The van der Waals surface area contributed by atoms with E-state index < -0.39 is 0 Å². The minimum atomic E-state index is -0.204. The van der Waals surface area contributed by atoms with Crippen LogP contribution in [0.4, 0.5) is 11.6 Å². The normalized spacial score (nSPS) is 20.4. The van der Waals surface area contributed by atoms with Gasteiger partial charge in [-0.2, -0.15) is 0 Å². The Bertz CT molecular complexity index is 388. The number of aliphatic hydroxyl groups excluding tert-OH is 1. The summed E-state index contributed by atoms with van der Waals surface area (Å²) in [4.78, 5) is 10.0. The number of morpholine rings is 1. The molecule has 1 aliphatic rings. The molecular weight excluding hydrogens is 224 g/mol. The second-order valence-corrected chi connectivity index (χ2v) is 3.74. The monoisotopic (exact) mass is 240 g/mol. The molecule has 1 aromatic rings. The highest BCUT2D eigenvalue weighted by atomic mass is 16.5. The van der Waals surface area contributed by atoms with Crippen LogP contribution in [-0.2, 0) is 4.74 Å². The molecule has 2 rings (SSSR count). The molecule has 1 fully saturated rings. The molecule has 7 heteroatoms. The van der Waals surface area contributed by atoms with Gasteiger partial charge in [0.05, 0.1) is 26.4 Å². The summed E-state index contributed by atoms with van der Waals surface area (Å²) in [5.74, 6) is 1.41. The van der Waals surface area contributed by atoms with Gasteiger partial charge in [-0.05, 0) is 0 Å². The zero-order chi connectivity index (χ0) is 12.3. The number of methoxy groups -OCH3 is 1. The van der Waals surface area contributed by atoms with Crippen LogP contribution in [0.2, 0.25) is 0 Å². The molecule has 7 nitrogen and oxygen atoms in total. The van der Waals surface area contributed by atoms with Gasteiger partial charge in [0.1, 0.15) is 6.33 Å². The van der Waals surface area contributed by atoms with E-state index >= 15 is 0 Å². The molecule has 3 N–H and O–H groups in total. The molecule has 1 unspecified atom stereocenters. The van der Waals surface area contributed by atoms with Crippen molar-refractivity contribution in [3.8, 4) is 5.75 Å². The number of rotatable bonds is 3. The Morgan fingerprint density at radius 3 is 3.18 bits per heavy atom. The lowest BCUT2D eigenvalue weighted by Crippen LogP contribution is -2.44. The Morgan fingerprint density at radius 2 is 2.47 bits per heavy atom. The molecule has 1 aliphatic heterocycles. The maximum atomic E-state index is 9.10. The van der Waals surface area contributed by atoms with Crippen LogP contribution in [0.1, 0.15) is 0 Å². The van der Waals surface area contributed by atoms with Gasteiger partial charge < -0.3 is 25.2 Å². The summed E-state index contributed by atoms with van der Waals surface area (Å²) in [7, 11) is 1.53. The van der Waals surface area contributed by atoms with Crippen molar-refractivity contribution in [1.82, 2.24) is 9.97 Å². The number of hydrogen-bond donors (Lipinski definition) is 2. The lowest BCUT2D eigenvalue weighted by Gasteiger charge is -2.33. The third-order valence-electron chi connectivity index (χ3n) is 2.66. The van der Waals surface area contributed by atoms with E-state index in [0.29, 0.717) is 37.1 Å². The molecule has 0 aromatic carbocycles. The summed E-state index contributed by atoms with van der Waals surface area (Å²) >= 11 is 0. The first-order chi connectivity index (χ1) is 8.26. The molecule has 0 amide bonds. The second kappa shape index (κ2) is 5.15. The van der Waals surface area contributed by atoms with Gasteiger partial charge in [-0.3, -0.25) is 0 Å². The number of anilines is 2. The van der Waals surface area contributed by atoms with Gasteiger partial charge in [0.25, 0.3) is 0 Å². The molecular formula is C10H16N4O3. The summed E-state index contributed by atoms with van der Waals surface area (Å²) in [5.41, 5.74) is 5.72. The van der Waals surface area contributed by atoms with Crippen LogP contribution in [0.3, 0.4) is 0 Å². The molecule has 1 aromatic heterocycles. The van der Waals surface area contributed by atoms with Crippen LogP contribution in [0.15, 0.2) is 6.33 Å². The Hall–Kier alpha value is -1.60. The first-order valence-corrected chi connectivity index (χ1v) is 5.38. The van der Waals surface area contributed by atoms with Crippen LogP contribution >= 0.6 is 0 Å². The molecule has 0 aliphatic carbocycles. The zero-order valence-corrected chi connectivity index (χ0v) is 9.67. The first-order valence-electron chi connectivity index (χ1n) is 5.38. The largest absolute Gasteiger partial charge is 0.490 e. The summed E-state index contributed by atoms with van der Waals surface area (Å²) < 4.78 is 10.6. The summed E-state index contributed by atoms with van der Waals surface area (Å²) in [6.45, 7) is 1.77. The van der Waals surface area contributed by atoms with Crippen LogP contribution in [-0.4, -0.2) is 54.6 Å². The fourth-order valence-corrected chi connectivity index (χ4v) is 1.82. The Kier molecular flexibility index (Phi) is 3.60. The lowest BCUT2D eigenvalue weighted by atomic mass is 10.2. The lowest BCUT2D eigenvalue weighted by molar-refractivity contribution is 0.00325. The van der Waals surface area contributed by atoms with Crippen molar-refractivity contribution in [2.75, 3.05) is 44.0 Å². The fourth-order valence-electron chi connectivity index (χ4n) is 1.82. The van der Waals surface area contributed by atoms with Gasteiger partial charge in [-0.15, -0.1) is 0 Å². The maximum absolute atomic E-state index is 9.10. The van der Waals surface area contributed by atoms with Crippen molar-refractivity contribution in [1.29, 1.82) is 0 Å². The van der Waals surface area contributed by atoms with Crippen LogP contribution in [0, 0.1) is 0 Å². The van der Waals surface area contributed by atoms with E-state index in [2.05, 4.69) is 9.97 Å². The summed E-state index contributed by atoms with van der Waals surface area (Å²) in [6.07, 6.45) is 1.20. The molecule has 2 heterocycles. The predicted octanol–water partition coefficient (Wildman–Crippen LogP) is -0.735. The summed E-state index contributed by atoms with van der Waals surface area (Å²) in [6, 6.07) is 0. The van der Waals surface area contributed by atoms with Crippen LogP contribution in [0.25, 0.3) is 0 Å². The minimum Gasteiger partial charge on any atom is -0.490 e. The van der Waals surface area contributed by atoms with Crippen LogP contribution < -0.4 is 15.4 Å². The number of aliphatic hydroxyl groups is 1. The average Bonchev–Trinajstić information content (AvgIpc) is 2.38. The third-order valence-corrected chi connectivity index (χ3v) is 2.66. The van der Waals surface area contributed by atoms with Gasteiger partial charge in [0.2, 0.25) is 5.75 Å². The highest BCUT2D eigenvalue weighted by molar-refractivity contribution is 5.62. The topological polar surface area (TPSA) is 93.7 Å². The van der Waals surface area contributed by atoms with Gasteiger partial charge >= 0.3 is 0 Å². The molecule has 1 saturated heterocycles. The maximum Gasteiger partial charge on any atom is 0.204 e. The predicted molar refractivity (Wildman–Crippen MR) is 62.0 cm³/mol. The van der Waals surface area contributed by atoms with E-state index in [-0.39, 0.29) is 12.7 Å². The molecule has 0 radical (unpaired) electrons. The average molecular weight is 240 g/mol. The van der Waals surface area contributed by atoms with Crippen molar-refractivity contribution in [2.24, 2.45) is 0 Å². The SMILES string of the molecule is COc1c(N)ncnc1N1CCOC(CO)C1. The third kappa shape index (κ3) is 2.40. The van der Waals surface area contributed by atoms with Gasteiger partial charge in [0.15, 0.2) is 11.6 Å². The Morgan fingerprint density at radius 1 is 1.65 bits per heavy atom. The van der Waals surface area contributed by atoms with E-state index in [1.54, 1.807) is 0 Å². The van der Waals surface area contributed by atoms with Gasteiger partial charge in [-0.1, -0.05) is 0 Å². The number of nitrogens with zero attached hydrogens (tertiary/aromatic N) is 3. The van der Waals surface area contributed by atoms with Crippen LogP contribution in [0.5, 0.6) is 5.75 Å². The molecule has 94 valence electrons. The van der Waals surface area contributed by atoms with E-state index in [1.165, 1.54) is 13.4 Å². The van der Waals surface area contributed by atoms with E-state index in [4.69, 9.17) is 20.3 Å². The quantitative estimate of drug-likeness (QED) is 0.719. The van der Waals surface area contributed by atoms with E-state index in [0.717, 1.165) is 0 Å². The summed E-state index contributed by atoms with van der Waals surface area (Å²) in [5, 5.41) is 9.10. The van der Waals surface area contributed by atoms with Crippen molar-refractivity contribution in [3.63, 3.8) is 0 Å². The molecule has 0 bridgehead atoms. The number of hydrogen-bond acceptors (Lipinski definition) is 7. The van der Waals surface area contributed by atoms with Crippen molar-refractivity contribution >= 4 is 11.6 Å². The molecule has 0 spiro atoms. The first kappa shape index (κ1) is 11.9. The number of ether oxygens (including phenoxy) is 2. The van der Waals surface area contributed by atoms with Gasteiger partial charge in [0, 0.05) is 13.1 Å². The highest BCUT2D eigenvalue weighted by Gasteiger charge is 2.24. The fraction of sp³-hybridized carbons (Fsp3) is 0.600. The zero-order valence-electron chi connectivity index (χ0n) is 9.67. The Balaban J connectivity index is 2.24.